The number of thioether (sulfide) groups is 1. The van der Waals surface area contributed by atoms with E-state index in [0.29, 0.717) is 11.3 Å². The monoisotopic (exact) mass is 378 g/mol. The van der Waals surface area contributed by atoms with Crippen LogP contribution < -0.4 is 10.0 Å². The van der Waals surface area contributed by atoms with E-state index in [1.54, 1.807) is 32.5 Å². The molecule has 134 valence electrons. The van der Waals surface area contributed by atoms with E-state index in [4.69, 9.17) is 0 Å². The average Bonchev–Trinajstić information content (AvgIpc) is 2.53. The second kappa shape index (κ2) is 7.59. The third-order valence-corrected chi connectivity index (χ3v) is 5.69. The highest BCUT2D eigenvalue weighted by Crippen LogP contribution is 2.20. The van der Waals surface area contributed by atoms with E-state index in [1.807, 2.05) is 30.5 Å². The van der Waals surface area contributed by atoms with Crippen molar-refractivity contribution in [2.75, 3.05) is 11.6 Å². The summed E-state index contributed by atoms with van der Waals surface area (Å²) in [5.41, 5.74) is 0.518. The zero-order valence-electron chi connectivity index (χ0n) is 14.7. The molecule has 0 radical (unpaired) electrons. The molecule has 0 spiro atoms. The summed E-state index contributed by atoms with van der Waals surface area (Å²) in [6.07, 6.45) is 1.96. The van der Waals surface area contributed by atoms with Gasteiger partial charge >= 0.3 is 0 Å². The molecule has 0 bridgehead atoms. The molecule has 2 aromatic carbocycles. The van der Waals surface area contributed by atoms with Gasteiger partial charge in [-0.1, -0.05) is 6.07 Å². The van der Waals surface area contributed by atoms with Gasteiger partial charge in [-0.3, -0.25) is 4.79 Å². The Balaban J connectivity index is 2.15. The minimum Gasteiger partial charge on any atom is -0.322 e. The molecule has 0 aromatic heterocycles. The lowest BCUT2D eigenvalue weighted by Crippen LogP contribution is -2.40. The summed E-state index contributed by atoms with van der Waals surface area (Å²) < 4.78 is 27.1. The maximum atomic E-state index is 12.3. The Kier molecular flexibility index (Phi) is 5.92. The maximum absolute atomic E-state index is 12.3. The molecule has 2 aromatic rings. The summed E-state index contributed by atoms with van der Waals surface area (Å²) in [6.45, 7) is 5.32. The lowest BCUT2D eigenvalue weighted by Gasteiger charge is -2.20. The number of sulfonamides is 1. The minimum atomic E-state index is -3.61. The number of hydrogen-bond donors (Lipinski definition) is 2. The van der Waals surface area contributed by atoms with E-state index in [2.05, 4.69) is 10.0 Å². The second-order valence-corrected chi connectivity index (χ2v) is 9.13. The quantitative estimate of drug-likeness (QED) is 0.777. The molecule has 2 rings (SSSR count). The maximum Gasteiger partial charge on any atom is 0.255 e. The Labute approximate surface area is 153 Å². The molecule has 2 N–H and O–H groups in total. The van der Waals surface area contributed by atoms with E-state index in [0.717, 1.165) is 4.90 Å². The lowest BCUT2D eigenvalue weighted by atomic mass is 10.1. The van der Waals surface area contributed by atoms with Gasteiger partial charge in [-0.25, -0.2) is 13.1 Å². The summed E-state index contributed by atoms with van der Waals surface area (Å²) >= 11 is 1.59. The summed E-state index contributed by atoms with van der Waals surface area (Å²) in [4.78, 5) is 13.5. The fraction of sp³-hybridized carbons (Fsp3) is 0.278. The van der Waals surface area contributed by atoms with E-state index < -0.39 is 15.6 Å². The number of anilines is 1. The van der Waals surface area contributed by atoms with Gasteiger partial charge in [0.25, 0.3) is 5.91 Å². The molecule has 0 saturated carbocycles. The summed E-state index contributed by atoms with van der Waals surface area (Å²) in [5.74, 6) is -0.286. The van der Waals surface area contributed by atoms with Gasteiger partial charge in [0.05, 0.1) is 4.90 Å². The van der Waals surface area contributed by atoms with Crippen molar-refractivity contribution in [2.45, 2.75) is 36.1 Å². The second-order valence-electron chi connectivity index (χ2n) is 6.57. The van der Waals surface area contributed by atoms with Crippen LogP contribution in [0, 0.1) is 0 Å². The standard InChI is InChI=1S/C18H22N2O3S2/c1-18(2,3)20-25(22,23)16-10-8-13(9-11-16)17(21)19-14-6-5-7-15(12-14)24-4/h5-12,20H,1-4H3,(H,19,21). The van der Waals surface area contributed by atoms with Crippen LogP contribution in [0.1, 0.15) is 31.1 Å². The van der Waals surface area contributed by atoms with Gasteiger partial charge in [-0.15, -0.1) is 11.8 Å². The van der Waals surface area contributed by atoms with Crippen LogP contribution in [0.15, 0.2) is 58.3 Å². The molecule has 25 heavy (non-hydrogen) atoms. The molecule has 0 unspecified atom stereocenters. The third-order valence-electron chi connectivity index (χ3n) is 3.19. The van der Waals surface area contributed by atoms with Gasteiger partial charge in [-0.2, -0.15) is 0 Å². The van der Waals surface area contributed by atoms with Gasteiger partial charge < -0.3 is 5.32 Å². The third kappa shape index (κ3) is 5.59. The molecule has 0 atom stereocenters. The summed E-state index contributed by atoms with van der Waals surface area (Å²) in [6, 6.07) is 13.4. The van der Waals surface area contributed by atoms with E-state index in [9.17, 15) is 13.2 Å². The molecule has 0 aliphatic heterocycles. The van der Waals surface area contributed by atoms with Crippen molar-refractivity contribution < 1.29 is 13.2 Å². The number of benzene rings is 2. The van der Waals surface area contributed by atoms with Crippen molar-refractivity contribution in [1.82, 2.24) is 4.72 Å². The number of carbonyl (C=O) groups excluding carboxylic acids is 1. The molecule has 0 aliphatic carbocycles. The number of carbonyl (C=O) groups is 1. The van der Waals surface area contributed by atoms with Crippen LogP contribution in [0.3, 0.4) is 0 Å². The van der Waals surface area contributed by atoms with Gasteiger partial charge in [0, 0.05) is 21.7 Å². The van der Waals surface area contributed by atoms with E-state index >= 15 is 0 Å². The molecule has 0 fully saturated rings. The summed E-state index contributed by atoms with van der Waals surface area (Å²) in [5, 5.41) is 2.81. The first-order valence-electron chi connectivity index (χ1n) is 7.70. The van der Waals surface area contributed by atoms with Crippen molar-refractivity contribution in [1.29, 1.82) is 0 Å². The Morgan fingerprint density at radius 3 is 2.24 bits per heavy atom. The zero-order chi connectivity index (χ0) is 18.7. The number of nitrogens with one attached hydrogen (secondary N) is 2. The number of amides is 1. The highest BCUT2D eigenvalue weighted by atomic mass is 32.2. The molecule has 0 aliphatic rings. The van der Waals surface area contributed by atoms with Crippen molar-refractivity contribution in [2.24, 2.45) is 0 Å². The molecule has 7 heteroatoms. The average molecular weight is 379 g/mol. The smallest absolute Gasteiger partial charge is 0.255 e. The van der Waals surface area contributed by atoms with Gasteiger partial charge in [0.1, 0.15) is 0 Å². The van der Waals surface area contributed by atoms with Crippen molar-refractivity contribution in [3.8, 4) is 0 Å². The minimum absolute atomic E-state index is 0.128. The Bertz CT molecular complexity index is 855. The fourth-order valence-electron chi connectivity index (χ4n) is 2.15. The van der Waals surface area contributed by atoms with Gasteiger partial charge in [-0.05, 0) is 69.5 Å². The normalized spacial score (nSPS) is 12.0. The topological polar surface area (TPSA) is 75.3 Å². The Hall–Kier alpha value is -1.83. The first-order valence-corrected chi connectivity index (χ1v) is 10.4. The van der Waals surface area contributed by atoms with E-state index in [1.165, 1.54) is 24.3 Å². The Morgan fingerprint density at radius 2 is 1.68 bits per heavy atom. The molecule has 0 saturated heterocycles. The van der Waals surface area contributed by atoms with Crippen molar-refractivity contribution >= 4 is 33.4 Å². The molecular formula is C18H22N2O3S2. The molecule has 0 heterocycles. The van der Waals surface area contributed by atoms with Gasteiger partial charge in [0.2, 0.25) is 10.0 Å². The fourth-order valence-corrected chi connectivity index (χ4v) is 4.03. The van der Waals surface area contributed by atoms with Crippen LogP contribution in [-0.2, 0) is 10.0 Å². The molecule has 5 nitrogen and oxygen atoms in total. The Morgan fingerprint density at radius 1 is 1.04 bits per heavy atom. The largest absolute Gasteiger partial charge is 0.322 e. The number of hydrogen-bond acceptors (Lipinski definition) is 4. The first-order chi connectivity index (χ1) is 11.6. The van der Waals surface area contributed by atoms with Crippen LogP contribution in [0.2, 0.25) is 0 Å². The van der Waals surface area contributed by atoms with Crippen LogP contribution in [0.5, 0.6) is 0 Å². The molecule has 1 amide bonds. The predicted molar refractivity (Wildman–Crippen MR) is 103 cm³/mol. The predicted octanol–water partition coefficient (Wildman–Crippen LogP) is 3.74. The van der Waals surface area contributed by atoms with Crippen molar-refractivity contribution in [3.63, 3.8) is 0 Å². The SMILES string of the molecule is CSc1cccc(NC(=O)c2ccc(S(=O)(=O)NC(C)(C)C)cc2)c1. The van der Waals surface area contributed by atoms with Crippen LogP contribution in [-0.4, -0.2) is 26.1 Å². The highest BCUT2D eigenvalue weighted by Gasteiger charge is 2.22. The van der Waals surface area contributed by atoms with Crippen LogP contribution in [0.25, 0.3) is 0 Å². The summed E-state index contributed by atoms with van der Waals surface area (Å²) in [7, 11) is -3.61. The van der Waals surface area contributed by atoms with Gasteiger partial charge in [0.15, 0.2) is 0 Å². The molecular weight excluding hydrogens is 356 g/mol. The van der Waals surface area contributed by atoms with Crippen molar-refractivity contribution in [3.05, 3.63) is 54.1 Å². The van der Waals surface area contributed by atoms with Crippen LogP contribution >= 0.6 is 11.8 Å². The number of rotatable bonds is 5. The zero-order valence-corrected chi connectivity index (χ0v) is 16.3. The first kappa shape index (κ1) is 19.5. The van der Waals surface area contributed by atoms with E-state index in [-0.39, 0.29) is 10.8 Å². The highest BCUT2D eigenvalue weighted by molar-refractivity contribution is 7.98. The van der Waals surface area contributed by atoms with Crippen LogP contribution in [0.4, 0.5) is 5.69 Å². The lowest BCUT2D eigenvalue weighted by molar-refractivity contribution is 0.102.